The smallest absolute Gasteiger partial charge is 0.348 e. The lowest BCUT2D eigenvalue weighted by Gasteiger charge is -2.09. The lowest BCUT2D eigenvalue weighted by Crippen LogP contribution is -2.17. The molecule has 6 nitrogen and oxygen atoms in total. The zero-order valence-corrected chi connectivity index (χ0v) is 11.5. The number of aromatic amines is 1. The summed E-state index contributed by atoms with van der Waals surface area (Å²) in [4.78, 5) is 22.4. The average Bonchev–Trinajstić information content (AvgIpc) is 2.72. The Morgan fingerprint density at radius 3 is 3.00 bits per heavy atom. The minimum Gasteiger partial charge on any atom is -0.481 e. The van der Waals surface area contributed by atoms with Crippen LogP contribution < -0.4 is 5.69 Å². The highest BCUT2D eigenvalue weighted by Gasteiger charge is 2.15. The largest absolute Gasteiger partial charge is 0.481 e. The summed E-state index contributed by atoms with van der Waals surface area (Å²) < 4.78 is 1.31. The number of nitrogens with one attached hydrogen (secondary N) is 1. The molecule has 0 spiro atoms. The molecule has 2 rings (SSSR count). The van der Waals surface area contributed by atoms with Crippen LogP contribution >= 0.6 is 23.4 Å². The molecule has 0 aliphatic rings. The number of carboxylic acids is 1. The Balaban J connectivity index is 2.49. The molecule has 1 heterocycles. The molecule has 0 aliphatic heterocycles. The number of benzene rings is 1. The minimum atomic E-state index is -0.977. The van der Waals surface area contributed by atoms with Crippen molar-refractivity contribution in [3.05, 3.63) is 39.3 Å². The van der Waals surface area contributed by atoms with Gasteiger partial charge in [0.2, 0.25) is 0 Å². The van der Waals surface area contributed by atoms with E-state index in [-0.39, 0.29) is 10.9 Å². The second-order valence-electron chi connectivity index (χ2n) is 3.71. The Hall–Kier alpha value is -1.73. The van der Waals surface area contributed by atoms with Crippen molar-refractivity contribution in [2.75, 3.05) is 5.75 Å². The first-order chi connectivity index (χ1) is 9.00. The molecular weight excluding hydrogens is 290 g/mol. The van der Waals surface area contributed by atoms with Gasteiger partial charge in [-0.1, -0.05) is 29.4 Å². The number of H-pyrrole nitrogens is 1. The number of carboxylic acid groups (broad SMARTS) is 1. The predicted molar refractivity (Wildman–Crippen MR) is 72.3 cm³/mol. The molecule has 0 saturated heterocycles. The first-order valence-electron chi connectivity index (χ1n) is 5.28. The first-order valence-corrected chi connectivity index (χ1v) is 6.64. The Kier molecular flexibility index (Phi) is 3.96. The van der Waals surface area contributed by atoms with E-state index in [1.54, 1.807) is 25.1 Å². The van der Waals surface area contributed by atoms with E-state index >= 15 is 0 Å². The van der Waals surface area contributed by atoms with Crippen LogP contribution in [0.3, 0.4) is 0 Å². The van der Waals surface area contributed by atoms with Crippen LogP contribution in [-0.2, 0) is 4.79 Å². The number of rotatable bonds is 4. The van der Waals surface area contributed by atoms with Gasteiger partial charge in [0.1, 0.15) is 0 Å². The quantitative estimate of drug-likeness (QED) is 0.839. The van der Waals surface area contributed by atoms with Crippen molar-refractivity contribution in [1.29, 1.82) is 0 Å². The fourth-order valence-corrected chi connectivity index (χ4v) is 2.40. The summed E-state index contributed by atoms with van der Waals surface area (Å²) in [5, 5.41) is 15.6. The van der Waals surface area contributed by atoms with Crippen LogP contribution in [0.5, 0.6) is 0 Å². The van der Waals surface area contributed by atoms with Crippen LogP contribution in [-0.4, -0.2) is 31.6 Å². The Bertz CT molecular complexity index is 680. The molecule has 0 fully saturated rings. The molecule has 19 heavy (non-hydrogen) atoms. The maximum atomic E-state index is 11.8. The molecule has 0 unspecified atom stereocenters. The number of halogens is 1. The third-order valence-electron chi connectivity index (χ3n) is 2.45. The predicted octanol–water partition coefficient (Wildman–Crippen LogP) is 1.70. The topological polar surface area (TPSA) is 88.0 Å². The third kappa shape index (κ3) is 2.82. The van der Waals surface area contributed by atoms with Crippen LogP contribution in [0.2, 0.25) is 5.02 Å². The van der Waals surface area contributed by atoms with Gasteiger partial charge in [0.25, 0.3) is 0 Å². The lowest BCUT2D eigenvalue weighted by molar-refractivity contribution is -0.133. The van der Waals surface area contributed by atoms with Gasteiger partial charge >= 0.3 is 11.7 Å². The summed E-state index contributed by atoms with van der Waals surface area (Å²) in [5.41, 5.74) is 0.877. The van der Waals surface area contributed by atoms with Gasteiger partial charge in [-0.05, 0) is 24.6 Å². The van der Waals surface area contributed by atoms with E-state index in [0.29, 0.717) is 10.7 Å². The van der Waals surface area contributed by atoms with Gasteiger partial charge in [-0.25, -0.2) is 14.5 Å². The van der Waals surface area contributed by atoms with E-state index < -0.39 is 11.7 Å². The van der Waals surface area contributed by atoms with Crippen LogP contribution in [0, 0.1) is 6.92 Å². The molecular formula is C11H10ClN3O3S. The van der Waals surface area contributed by atoms with Gasteiger partial charge in [-0.3, -0.25) is 4.79 Å². The lowest BCUT2D eigenvalue weighted by atomic mass is 10.2. The van der Waals surface area contributed by atoms with Crippen LogP contribution in [0.25, 0.3) is 5.69 Å². The van der Waals surface area contributed by atoms with Crippen molar-refractivity contribution in [3.8, 4) is 5.69 Å². The van der Waals surface area contributed by atoms with Gasteiger partial charge in [0.05, 0.1) is 11.4 Å². The van der Waals surface area contributed by atoms with Crippen molar-refractivity contribution in [3.63, 3.8) is 0 Å². The van der Waals surface area contributed by atoms with Crippen LogP contribution in [0.1, 0.15) is 5.56 Å². The number of thioether (sulfide) groups is 1. The molecule has 0 saturated carbocycles. The van der Waals surface area contributed by atoms with Crippen molar-refractivity contribution in [1.82, 2.24) is 14.8 Å². The second-order valence-corrected chi connectivity index (χ2v) is 5.06. The van der Waals surface area contributed by atoms with E-state index in [1.165, 1.54) is 4.57 Å². The number of hydrogen-bond donors (Lipinski definition) is 2. The molecule has 2 N–H and O–H groups in total. The Morgan fingerprint density at radius 2 is 2.32 bits per heavy atom. The van der Waals surface area contributed by atoms with Crippen LogP contribution in [0.15, 0.2) is 28.2 Å². The monoisotopic (exact) mass is 299 g/mol. The van der Waals surface area contributed by atoms with Gasteiger partial charge in [-0.15, -0.1) is 5.10 Å². The highest BCUT2D eigenvalue weighted by Crippen LogP contribution is 2.24. The molecule has 0 radical (unpaired) electrons. The van der Waals surface area contributed by atoms with Gasteiger partial charge < -0.3 is 5.11 Å². The summed E-state index contributed by atoms with van der Waals surface area (Å²) in [6.07, 6.45) is 0. The Labute approximate surface area is 117 Å². The summed E-state index contributed by atoms with van der Waals surface area (Å²) in [6.45, 7) is 1.78. The normalized spacial score (nSPS) is 10.6. The summed E-state index contributed by atoms with van der Waals surface area (Å²) >= 11 is 6.98. The first kappa shape index (κ1) is 13.7. The molecule has 2 aromatic rings. The van der Waals surface area contributed by atoms with E-state index in [9.17, 15) is 9.59 Å². The fraction of sp³-hybridized carbons (Fsp3) is 0.182. The van der Waals surface area contributed by atoms with Crippen molar-refractivity contribution in [2.24, 2.45) is 0 Å². The maximum absolute atomic E-state index is 11.8. The number of nitrogens with zero attached hydrogens (tertiary/aromatic N) is 2. The number of hydrogen-bond acceptors (Lipinski definition) is 4. The van der Waals surface area contributed by atoms with Gasteiger partial charge in [-0.2, -0.15) is 0 Å². The van der Waals surface area contributed by atoms with Gasteiger partial charge in [0, 0.05) is 5.02 Å². The molecule has 1 aromatic carbocycles. The molecule has 0 bridgehead atoms. The Morgan fingerprint density at radius 1 is 1.58 bits per heavy atom. The van der Waals surface area contributed by atoms with E-state index in [4.69, 9.17) is 16.7 Å². The number of carbonyl (C=O) groups is 1. The highest BCUT2D eigenvalue weighted by molar-refractivity contribution is 7.99. The molecule has 1 aromatic heterocycles. The maximum Gasteiger partial charge on any atom is 0.348 e. The fourth-order valence-electron chi connectivity index (χ4n) is 1.56. The molecule has 0 aliphatic carbocycles. The second kappa shape index (κ2) is 5.50. The zero-order chi connectivity index (χ0) is 14.0. The van der Waals surface area contributed by atoms with Crippen molar-refractivity contribution < 1.29 is 9.90 Å². The molecule has 100 valence electrons. The summed E-state index contributed by atoms with van der Waals surface area (Å²) in [6, 6.07) is 5.16. The van der Waals surface area contributed by atoms with E-state index in [1.807, 2.05) is 0 Å². The molecule has 0 atom stereocenters. The minimum absolute atomic E-state index is 0.177. The third-order valence-corrected chi connectivity index (χ3v) is 3.78. The van der Waals surface area contributed by atoms with Gasteiger partial charge in [0.15, 0.2) is 5.16 Å². The van der Waals surface area contributed by atoms with Crippen molar-refractivity contribution in [2.45, 2.75) is 12.1 Å². The average molecular weight is 300 g/mol. The van der Waals surface area contributed by atoms with E-state index in [2.05, 4.69) is 10.2 Å². The zero-order valence-electron chi connectivity index (χ0n) is 9.88. The highest BCUT2D eigenvalue weighted by atomic mass is 35.5. The standard InChI is InChI=1S/C11H10ClN3O3S/c1-6-7(12)3-2-4-8(6)15-10(18)13-14-11(15)19-5-9(16)17/h2-4H,5H2,1H3,(H,13,18)(H,16,17). The van der Waals surface area contributed by atoms with E-state index in [0.717, 1.165) is 17.3 Å². The number of aliphatic carboxylic acids is 1. The van der Waals surface area contributed by atoms with Crippen molar-refractivity contribution >= 4 is 29.3 Å². The molecule has 8 heteroatoms. The van der Waals surface area contributed by atoms with Crippen LogP contribution in [0.4, 0.5) is 0 Å². The number of aromatic nitrogens is 3. The summed E-state index contributed by atoms with van der Waals surface area (Å²) in [5.74, 6) is -1.15. The molecule has 0 amide bonds. The SMILES string of the molecule is Cc1c(Cl)cccc1-n1c(SCC(=O)O)n[nH]c1=O. The summed E-state index contributed by atoms with van der Waals surface area (Å²) in [7, 11) is 0.